The van der Waals surface area contributed by atoms with Gasteiger partial charge in [-0.25, -0.2) is 0 Å². The number of carbonyl (C=O) groups is 1. The van der Waals surface area contributed by atoms with Crippen molar-refractivity contribution >= 4 is 28.4 Å². The van der Waals surface area contributed by atoms with Gasteiger partial charge in [0.15, 0.2) is 11.4 Å². The average Bonchev–Trinajstić information content (AvgIpc) is 3.01. The number of nitrogens with zero attached hydrogens (tertiary/aromatic N) is 2. The molecule has 2 aliphatic rings. The maximum Gasteiger partial charge on any atom is 0.205 e. The normalized spacial score (nSPS) is 27.3. The number of rotatable bonds is 1. The van der Waals surface area contributed by atoms with Crippen molar-refractivity contribution in [1.29, 1.82) is 5.26 Å². The van der Waals surface area contributed by atoms with E-state index in [1.807, 2.05) is 22.6 Å². The van der Waals surface area contributed by atoms with Gasteiger partial charge in [-0.15, -0.1) is 0 Å². The summed E-state index contributed by atoms with van der Waals surface area (Å²) in [6.45, 7) is 3.37. The molecule has 2 N–H and O–H groups in total. The molecule has 2 aromatic rings. The van der Waals surface area contributed by atoms with Crippen molar-refractivity contribution in [3.8, 4) is 23.5 Å². The largest absolute Gasteiger partial charge is 0.494 e. The Balaban J connectivity index is 2.00. The van der Waals surface area contributed by atoms with E-state index < -0.39 is 11.2 Å². The molecule has 2 atom stereocenters. The molecule has 0 radical (unpaired) electrons. The molecule has 2 aliphatic heterocycles. The molecular formula is C17H13IN2O4. The second-order valence-corrected chi connectivity index (χ2v) is 7.64. The van der Waals surface area contributed by atoms with E-state index in [2.05, 4.69) is 6.07 Å². The van der Waals surface area contributed by atoms with Gasteiger partial charge >= 0.3 is 0 Å². The molecular weight excluding hydrogens is 423 g/mol. The van der Waals surface area contributed by atoms with E-state index >= 15 is 0 Å². The minimum atomic E-state index is -1.24. The molecule has 3 heterocycles. The number of nitriles is 1. The molecule has 122 valence electrons. The molecule has 7 heteroatoms. The Kier molecular flexibility index (Phi) is 2.91. The lowest BCUT2D eigenvalue weighted by molar-refractivity contribution is -0.133. The van der Waals surface area contributed by atoms with Gasteiger partial charge in [-0.2, -0.15) is 5.26 Å². The van der Waals surface area contributed by atoms with Crippen LogP contribution in [0.4, 0.5) is 0 Å². The number of halogens is 1. The number of aromatic hydroxyl groups is 2. The summed E-state index contributed by atoms with van der Waals surface area (Å²) >= 11 is 2.03. The van der Waals surface area contributed by atoms with Crippen molar-refractivity contribution in [3.63, 3.8) is 0 Å². The summed E-state index contributed by atoms with van der Waals surface area (Å²) < 4.78 is 7.85. The lowest BCUT2D eigenvalue weighted by Crippen LogP contribution is -2.28. The highest BCUT2D eigenvalue weighted by molar-refractivity contribution is 14.1. The highest BCUT2D eigenvalue weighted by Gasteiger charge is 2.64. The van der Waals surface area contributed by atoms with Crippen molar-refractivity contribution in [2.24, 2.45) is 0 Å². The number of hydrogen-bond acceptors (Lipinski definition) is 5. The average molecular weight is 436 g/mol. The first-order chi connectivity index (χ1) is 11.2. The summed E-state index contributed by atoms with van der Waals surface area (Å²) in [4.78, 5) is 12.3. The quantitative estimate of drug-likeness (QED) is 0.671. The van der Waals surface area contributed by atoms with Crippen LogP contribution in [0.5, 0.6) is 11.8 Å². The van der Waals surface area contributed by atoms with Gasteiger partial charge in [-0.3, -0.25) is 9.36 Å². The van der Waals surface area contributed by atoms with Crippen LogP contribution in [-0.2, 0) is 20.7 Å². The van der Waals surface area contributed by atoms with Gasteiger partial charge in [0.1, 0.15) is 11.7 Å². The molecule has 0 saturated carbocycles. The zero-order valence-corrected chi connectivity index (χ0v) is 15.1. The predicted molar refractivity (Wildman–Crippen MR) is 91.9 cm³/mol. The van der Waals surface area contributed by atoms with Crippen molar-refractivity contribution in [3.05, 3.63) is 38.5 Å². The minimum Gasteiger partial charge on any atom is -0.494 e. The van der Waals surface area contributed by atoms with Gasteiger partial charge in [0.25, 0.3) is 0 Å². The van der Waals surface area contributed by atoms with Crippen molar-refractivity contribution in [2.45, 2.75) is 31.5 Å². The summed E-state index contributed by atoms with van der Waals surface area (Å²) in [6, 6.07) is 7.04. The number of ketones is 1. The van der Waals surface area contributed by atoms with Crippen LogP contribution in [0.3, 0.4) is 0 Å². The van der Waals surface area contributed by atoms with Crippen molar-refractivity contribution < 1.29 is 19.7 Å². The minimum absolute atomic E-state index is 0.112. The molecule has 0 aliphatic carbocycles. The first kappa shape index (κ1) is 15.5. The van der Waals surface area contributed by atoms with Crippen LogP contribution in [0.1, 0.15) is 37.0 Å². The highest BCUT2D eigenvalue weighted by atomic mass is 127. The summed E-state index contributed by atoms with van der Waals surface area (Å²) in [5.74, 6) is -0.455. The Bertz CT molecular complexity index is 974. The lowest BCUT2D eigenvalue weighted by Gasteiger charge is -2.19. The predicted octanol–water partition coefficient (Wildman–Crippen LogP) is 2.80. The monoisotopic (exact) mass is 436 g/mol. The van der Waals surface area contributed by atoms with Crippen LogP contribution in [0.25, 0.3) is 5.69 Å². The maximum atomic E-state index is 12.3. The third-order valence-corrected chi connectivity index (χ3v) is 5.81. The summed E-state index contributed by atoms with van der Waals surface area (Å²) in [5.41, 5.74) is -0.360. The zero-order chi connectivity index (χ0) is 17.4. The molecule has 0 unspecified atom stereocenters. The van der Waals surface area contributed by atoms with Crippen molar-refractivity contribution in [1.82, 2.24) is 4.57 Å². The molecule has 2 bridgehead atoms. The molecule has 0 spiro atoms. The summed E-state index contributed by atoms with van der Waals surface area (Å²) in [5, 5.41) is 30.5. The van der Waals surface area contributed by atoms with Gasteiger partial charge in [0, 0.05) is 9.99 Å². The smallest absolute Gasteiger partial charge is 0.205 e. The molecule has 4 rings (SSSR count). The van der Waals surface area contributed by atoms with Crippen LogP contribution in [0.15, 0.2) is 18.2 Å². The Hall–Kier alpha value is -2.05. The maximum absolute atomic E-state index is 12.3. The van der Waals surface area contributed by atoms with E-state index in [1.54, 1.807) is 32.0 Å². The van der Waals surface area contributed by atoms with E-state index in [1.165, 1.54) is 4.57 Å². The number of carbonyl (C=O) groups excluding carboxylic acids is 1. The molecule has 1 fully saturated rings. The number of fused-ring (bicyclic) bond motifs is 5. The van der Waals surface area contributed by atoms with E-state index in [-0.39, 0.29) is 24.0 Å². The number of aromatic nitrogens is 1. The Morgan fingerprint density at radius 1 is 1.29 bits per heavy atom. The van der Waals surface area contributed by atoms with Gasteiger partial charge in [-0.1, -0.05) is 0 Å². The van der Waals surface area contributed by atoms with Gasteiger partial charge < -0.3 is 14.9 Å². The zero-order valence-electron chi connectivity index (χ0n) is 12.9. The third-order valence-electron chi connectivity index (χ3n) is 4.92. The number of ether oxygens (including phenoxy) is 1. The molecule has 6 nitrogen and oxygen atoms in total. The fraction of sp³-hybridized carbons (Fsp3) is 0.294. The number of hydrogen-bond donors (Lipinski definition) is 2. The van der Waals surface area contributed by atoms with E-state index in [4.69, 9.17) is 10.00 Å². The second kappa shape index (κ2) is 4.52. The molecule has 1 saturated heterocycles. The van der Waals surface area contributed by atoms with Crippen LogP contribution in [0.2, 0.25) is 0 Å². The summed E-state index contributed by atoms with van der Waals surface area (Å²) in [7, 11) is 0. The Morgan fingerprint density at radius 2 is 1.96 bits per heavy atom. The standard InChI is InChI=1S/C17H13IN2O4/c1-16-6-11(21)17(2,24-16)13-12(16)14(22)20(15(13)23)9-4-3-8(7-19)10(18)5-9/h3-5,22-23H,6H2,1-2H3/t16-,17+/m0/s1. The third kappa shape index (κ3) is 1.65. The Labute approximate surface area is 151 Å². The van der Waals surface area contributed by atoms with E-state index in [9.17, 15) is 15.0 Å². The van der Waals surface area contributed by atoms with Crippen molar-refractivity contribution in [2.75, 3.05) is 0 Å². The molecule has 1 aromatic carbocycles. The fourth-order valence-corrected chi connectivity index (χ4v) is 4.45. The number of benzene rings is 1. The van der Waals surface area contributed by atoms with Crippen LogP contribution >= 0.6 is 22.6 Å². The fourth-order valence-electron chi connectivity index (χ4n) is 3.83. The second-order valence-electron chi connectivity index (χ2n) is 6.47. The van der Waals surface area contributed by atoms with Crippen LogP contribution in [-0.4, -0.2) is 20.6 Å². The van der Waals surface area contributed by atoms with Crippen LogP contribution < -0.4 is 0 Å². The highest BCUT2D eigenvalue weighted by Crippen LogP contribution is 2.62. The van der Waals surface area contributed by atoms with E-state index in [0.717, 1.165) is 0 Å². The van der Waals surface area contributed by atoms with Gasteiger partial charge in [0.2, 0.25) is 11.8 Å². The molecule has 24 heavy (non-hydrogen) atoms. The lowest BCUT2D eigenvalue weighted by atomic mass is 9.79. The molecule has 0 amide bonds. The first-order valence-corrected chi connectivity index (χ1v) is 8.42. The summed E-state index contributed by atoms with van der Waals surface area (Å²) in [6.07, 6.45) is 0.165. The van der Waals surface area contributed by atoms with E-state index in [0.29, 0.717) is 25.9 Å². The topological polar surface area (TPSA) is 95.5 Å². The first-order valence-electron chi connectivity index (χ1n) is 7.34. The van der Waals surface area contributed by atoms with Crippen LogP contribution in [0, 0.1) is 14.9 Å². The Morgan fingerprint density at radius 3 is 2.58 bits per heavy atom. The molecule has 1 aromatic heterocycles. The van der Waals surface area contributed by atoms with Gasteiger partial charge in [-0.05, 0) is 54.6 Å². The van der Waals surface area contributed by atoms with Gasteiger partial charge in [0.05, 0.1) is 22.4 Å². The number of Topliss-reactive ketones (excluding diaryl/α,β-unsaturated/α-hetero) is 1. The SMILES string of the molecule is C[C@@]12CC(=O)[C@@](C)(O1)c1c2c(O)n(-c2ccc(C#N)c(I)c2)c1O.